The second-order valence-electron chi connectivity index (χ2n) is 4.25. The summed E-state index contributed by atoms with van der Waals surface area (Å²) in [6.45, 7) is -0.355. The molecule has 1 amide bonds. The Morgan fingerprint density at radius 1 is 1.42 bits per heavy atom. The fourth-order valence-electron chi connectivity index (χ4n) is 1.74. The molecule has 2 N–H and O–H groups in total. The van der Waals surface area contributed by atoms with E-state index in [1.807, 2.05) is 24.3 Å². The zero-order valence-electron chi connectivity index (χ0n) is 10.2. The maximum atomic E-state index is 12.9. The van der Waals surface area contributed by atoms with E-state index in [2.05, 4.69) is 5.32 Å². The minimum atomic E-state index is -3.29. The third kappa shape index (κ3) is 2.90. The molecule has 1 aromatic heterocycles. The number of fused-ring (bicyclic) bond motifs is 1. The van der Waals surface area contributed by atoms with Crippen molar-refractivity contribution in [3.05, 3.63) is 34.7 Å². The monoisotopic (exact) mass is 285 g/mol. The second kappa shape index (κ2) is 5.22. The molecular weight excluding hydrogens is 272 g/mol. The van der Waals surface area contributed by atoms with E-state index in [9.17, 15) is 13.6 Å². The lowest BCUT2D eigenvalue weighted by Crippen LogP contribution is -2.38. The van der Waals surface area contributed by atoms with Gasteiger partial charge in [-0.15, -0.1) is 11.3 Å². The van der Waals surface area contributed by atoms with Crippen molar-refractivity contribution in [3.63, 3.8) is 0 Å². The Labute approximate surface area is 112 Å². The molecule has 0 atom stereocenters. The summed E-state index contributed by atoms with van der Waals surface area (Å²) in [5, 5.41) is 11.6. The standard InChI is InChI=1S/C13H13F2NO2S/c1-8-9-4-2-3-5-10(9)19-11(8)12(18)16-6-13(14,15)7-17/h2-5,17H,6-7H2,1H3,(H,16,18). The number of amides is 1. The molecule has 0 fully saturated rings. The molecule has 0 spiro atoms. The van der Waals surface area contributed by atoms with Gasteiger partial charge in [0.25, 0.3) is 11.8 Å². The fraction of sp³-hybridized carbons (Fsp3) is 0.308. The summed E-state index contributed by atoms with van der Waals surface area (Å²) >= 11 is 1.27. The number of halogens is 2. The number of alkyl halides is 2. The first-order chi connectivity index (χ1) is 8.94. The van der Waals surface area contributed by atoms with Gasteiger partial charge < -0.3 is 10.4 Å². The number of hydrogen-bond donors (Lipinski definition) is 2. The summed E-state index contributed by atoms with van der Waals surface area (Å²) in [4.78, 5) is 12.3. The number of rotatable bonds is 4. The van der Waals surface area contributed by atoms with E-state index < -0.39 is 25.0 Å². The largest absolute Gasteiger partial charge is 0.390 e. The second-order valence-corrected chi connectivity index (χ2v) is 5.30. The Morgan fingerprint density at radius 2 is 2.11 bits per heavy atom. The summed E-state index contributed by atoms with van der Waals surface area (Å²) in [6.07, 6.45) is 0. The molecule has 0 bridgehead atoms. The van der Waals surface area contributed by atoms with Gasteiger partial charge in [-0.1, -0.05) is 18.2 Å². The van der Waals surface area contributed by atoms with Crippen LogP contribution in [0.1, 0.15) is 15.2 Å². The van der Waals surface area contributed by atoms with Crippen LogP contribution in [0.3, 0.4) is 0 Å². The number of aliphatic hydroxyl groups excluding tert-OH is 1. The Kier molecular flexibility index (Phi) is 3.82. The number of nitrogens with one attached hydrogen (secondary N) is 1. The molecule has 1 aromatic carbocycles. The zero-order chi connectivity index (χ0) is 14.0. The number of hydrogen-bond acceptors (Lipinski definition) is 3. The summed E-state index contributed by atoms with van der Waals surface area (Å²) in [5.74, 6) is -3.83. The number of carbonyl (C=O) groups is 1. The van der Waals surface area contributed by atoms with Crippen LogP contribution in [0.4, 0.5) is 8.78 Å². The van der Waals surface area contributed by atoms with Crippen LogP contribution in [0.15, 0.2) is 24.3 Å². The van der Waals surface area contributed by atoms with Crippen LogP contribution in [-0.4, -0.2) is 30.1 Å². The molecule has 0 saturated carbocycles. The fourth-order valence-corrected chi connectivity index (χ4v) is 2.86. The Balaban J connectivity index is 2.20. The predicted molar refractivity (Wildman–Crippen MR) is 70.9 cm³/mol. The van der Waals surface area contributed by atoms with Gasteiger partial charge >= 0.3 is 0 Å². The molecule has 0 aliphatic heterocycles. The van der Waals surface area contributed by atoms with Gasteiger partial charge in [0.1, 0.15) is 6.61 Å². The minimum absolute atomic E-state index is 0.426. The average Bonchev–Trinajstić information content (AvgIpc) is 2.74. The van der Waals surface area contributed by atoms with Crippen LogP contribution in [0.5, 0.6) is 0 Å². The summed E-state index contributed by atoms with van der Waals surface area (Å²) in [6, 6.07) is 7.50. The summed E-state index contributed by atoms with van der Waals surface area (Å²) < 4.78 is 26.7. The molecule has 102 valence electrons. The van der Waals surface area contributed by atoms with Crippen LogP contribution in [0.2, 0.25) is 0 Å². The molecule has 2 rings (SSSR count). The van der Waals surface area contributed by atoms with Crippen molar-refractivity contribution in [1.82, 2.24) is 5.32 Å². The van der Waals surface area contributed by atoms with Crippen molar-refractivity contribution >= 4 is 27.3 Å². The first-order valence-corrected chi connectivity index (χ1v) is 6.51. The number of thiophene rings is 1. The van der Waals surface area contributed by atoms with Crippen molar-refractivity contribution in [3.8, 4) is 0 Å². The summed E-state index contributed by atoms with van der Waals surface area (Å²) in [7, 11) is 0. The summed E-state index contributed by atoms with van der Waals surface area (Å²) in [5.41, 5.74) is 0.783. The van der Waals surface area contributed by atoms with Crippen LogP contribution in [0, 0.1) is 6.92 Å². The van der Waals surface area contributed by atoms with Gasteiger partial charge in [-0.3, -0.25) is 4.79 Å². The van der Waals surface area contributed by atoms with Crippen LogP contribution in [-0.2, 0) is 0 Å². The maximum absolute atomic E-state index is 12.9. The first-order valence-electron chi connectivity index (χ1n) is 5.69. The van der Waals surface area contributed by atoms with Gasteiger partial charge in [0, 0.05) is 4.70 Å². The lowest BCUT2D eigenvalue weighted by Gasteiger charge is -2.13. The highest BCUT2D eigenvalue weighted by Crippen LogP contribution is 2.30. The smallest absolute Gasteiger partial charge is 0.287 e. The maximum Gasteiger partial charge on any atom is 0.287 e. The van der Waals surface area contributed by atoms with Crippen molar-refractivity contribution in [2.75, 3.05) is 13.2 Å². The van der Waals surface area contributed by atoms with Crippen LogP contribution in [0.25, 0.3) is 10.1 Å². The molecule has 19 heavy (non-hydrogen) atoms. The molecule has 0 saturated heterocycles. The predicted octanol–water partition coefficient (Wildman–Crippen LogP) is 2.57. The third-order valence-corrected chi connectivity index (χ3v) is 4.06. The van der Waals surface area contributed by atoms with Crippen LogP contribution < -0.4 is 5.32 Å². The SMILES string of the molecule is Cc1c(C(=O)NCC(F)(F)CO)sc2ccccc12. The average molecular weight is 285 g/mol. The molecule has 0 aliphatic rings. The van der Waals surface area contributed by atoms with Gasteiger partial charge in [-0.2, -0.15) is 0 Å². The van der Waals surface area contributed by atoms with Crippen molar-refractivity contribution in [2.45, 2.75) is 12.8 Å². The van der Waals surface area contributed by atoms with Gasteiger partial charge in [0.15, 0.2) is 0 Å². The third-order valence-electron chi connectivity index (χ3n) is 2.79. The van der Waals surface area contributed by atoms with Crippen molar-refractivity contribution in [1.29, 1.82) is 0 Å². The lowest BCUT2D eigenvalue weighted by molar-refractivity contribution is -0.0461. The number of aryl methyl sites for hydroxylation is 1. The Bertz CT molecular complexity index is 610. The molecular formula is C13H13F2NO2S. The van der Waals surface area contributed by atoms with E-state index in [0.29, 0.717) is 4.88 Å². The van der Waals surface area contributed by atoms with E-state index >= 15 is 0 Å². The highest BCUT2D eigenvalue weighted by Gasteiger charge is 2.29. The van der Waals surface area contributed by atoms with Crippen LogP contribution >= 0.6 is 11.3 Å². The molecule has 6 heteroatoms. The van der Waals surface area contributed by atoms with Gasteiger partial charge in [0.2, 0.25) is 0 Å². The normalized spacial score (nSPS) is 11.8. The zero-order valence-corrected chi connectivity index (χ0v) is 11.1. The molecule has 0 aliphatic carbocycles. The molecule has 1 heterocycles. The van der Waals surface area contributed by atoms with E-state index in [1.165, 1.54) is 11.3 Å². The topological polar surface area (TPSA) is 49.3 Å². The van der Waals surface area contributed by atoms with Gasteiger partial charge in [0.05, 0.1) is 11.4 Å². The minimum Gasteiger partial charge on any atom is -0.390 e. The highest BCUT2D eigenvalue weighted by molar-refractivity contribution is 7.21. The molecule has 3 nitrogen and oxygen atoms in total. The highest BCUT2D eigenvalue weighted by atomic mass is 32.1. The number of aliphatic hydroxyl groups is 1. The first kappa shape index (κ1) is 13.9. The van der Waals surface area contributed by atoms with E-state index in [-0.39, 0.29) is 0 Å². The quantitative estimate of drug-likeness (QED) is 0.907. The Hall–Kier alpha value is -1.53. The van der Waals surface area contributed by atoms with Crippen molar-refractivity contribution in [2.24, 2.45) is 0 Å². The van der Waals surface area contributed by atoms with E-state index in [4.69, 9.17) is 5.11 Å². The lowest BCUT2D eigenvalue weighted by atomic mass is 10.1. The number of carbonyl (C=O) groups excluding carboxylic acids is 1. The van der Waals surface area contributed by atoms with Crippen molar-refractivity contribution < 1.29 is 18.7 Å². The van der Waals surface area contributed by atoms with Gasteiger partial charge in [-0.25, -0.2) is 8.78 Å². The van der Waals surface area contributed by atoms with E-state index in [0.717, 1.165) is 15.6 Å². The number of benzene rings is 1. The van der Waals surface area contributed by atoms with E-state index in [1.54, 1.807) is 6.92 Å². The molecule has 2 aromatic rings. The molecule has 0 unspecified atom stereocenters. The molecule has 0 radical (unpaired) electrons. The van der Waals surface area contributed by atoms with Gasteiger partial charge in [-0.05, 0) is 23.9 Å². The Morgan fingerprint density at radius 3 is 2.74 bits per heavy atom.